The monoisotopic (exact) mass is 282 g/mol. The minimum absolute atomic E-state index is 0.169. The summed E-state index contributed by atoms with van der Waals surface area (Å²) in [5, 5.41) is 18.8. The van der Waals surface area contributed by atoms with Crippen LogP contribution in [0.25, 0.3) is 0 Å². The molecule has 0 aliphatic rings. The summed E-state index contributed by atoms with van der Waals surface area (Å²) in [5.41, 5.74) is 2.07. The van der Waals surface area contributed by atoms with Gasteiger partial charge >= 0.3 is 6.03 Å². The minimum atomic E-state index is -0.174. The molecule has 0 saturated heterocycles. The Kier molecular flexibility index (Phi) is 7.08. The van der Waals surface area contributed by atoms with Gasteiger partial charge in [-0.1, -0.05) is 13.3 Å². The molecule has 1 heterocycles. The standard InChI is InChI=1S/C14H26N4O2/c1-4-5-12(6-7-19)8-15-14(20)16-9-13-10-17-18(3)11(13)2/h10,12,19H,4-9H2,1-3H3,(H2,15,16,20). The Hall–Kier alpha value is -1.56. The van der Waals surface area contributed by atoms with E-state index in [9.17, 15) is 4.79 Å². The highest BCUT2D eigenvalue weighted by Crippen LogP contribution is 2.09. The van der Waals surface area contributed by atoms with Crippen molar-refractivity contribution in [2.45, 2.75) is 39.7 Å². The number of hydrogen-bond acceptors (Lipinski definition) is 3. The van der Waals surface area contributed by atoms with E-state index in [1.54, 1.807) is 10.9 Å². The lowest BCUT2D eigenvalue weighted by atomic mass is 10.0. The van der Waals surface area contributed by atoms with Crippen LogP contribution in [-0.4, -0.2) is 34.1 Å². The normalized spacial score (nSPS) is 12.2. The number of carbonyl (C=O) groups excluding carboxylic acids is 1. The fourth-order valence-corrected chi connectivity index (χ4v) is 2.13. The summed E-state index contributed by atoms with van der Waals surface area (Å²) in [6.07, 6.45) is 4.57. The molecule has 1 aromatic heterocycles. The maximum absolute atomic E-state index is 11.7. The van der Waals surface area contributed by atoms with E-state index in [1.807, 2.05) is 14.0 Å². The second-order valence-electron chi connectivity index (χ2n) is 5.11. The topological polar surface area (TPSA) is 79.2 Å². The molecule has 0 aliphatic carbocycles. The van der Waals surface area contributed by atoms with Crippen molar-refractivity contribution in [3.05, 3.63) is 17.5 Å². The molecule has 0 radical (unpaired) electrons. The third-order valence-electron chi connectivity index (χ3n) is 3.56. The molecule has 1 atom stereocenters. The molecule has 0 saturated carbocycles. The molecule has 6 nitrogen and oxygen atoms in total. The van der Waals surface area contributed by atoms with Crippen LogP contribution in [0, 0.1) is 12.8 Å². The Morgan fingerprint density at radius 2 is 2.20 bits per heavy atom. The zero-order valence-electron chi connectivity index (χ0n) is 12.6. The van der Waals surface area contributed by atoms with Crippen LogP contribution in [0.4, 0.5) is 4.79 Å². The molecule has 0 spiro atoms. The number of aryl methyl sites for hydroxylation is 1. The number of aromatic nitrogens is 2. The average Bonchev–Trinajstić information content (AvgIpc) is 2.74. The van der Waals surface area contributed by atoms with Crippen LogP contribution >= 0.6 is 0 Å². The molecule has 1 rings (SSSR count). The Labute approximate surface area is 120 Å². The van der Waals surface area contributed by atoms with Crippen molar-refractivity contribution in [3.63, 3.8) is 0 Å². The Morgan fingerprint density at radius 3 is 2.75 bits per heavy atom. The lowest BCUT2D eigenvalue weighted by Gasteiger charge is -2.16. The van der Waals surface area contributed by atoms with E-state index in [-0.39, 0.29) is 12.6 Å². The molecule has 2 amide bonds. The van der Waals surface area contributed by atoms with E-state index in [1.165, 1.54) is 0 Å². The number of nitrogens with zero attached hydrogens (tertiary/aromatic N) is 2. The van der Waals surface area contributed by atoms with Crippen LogP contribution in [0.15, 0.2) is 6.20 Å². The van der Waals surface area contributed by atoms with Crippen LogP contribution < -0.4 is 10.6 Å². The molecule has 3 N–H and O–H groups in total. The van der Waals surface area contributed by atoms with E-state index in [4.69, 9.17) is 5.11 Å². The van der Waals surface area contributed by atoms with Crippen molar-refractivity contribution in [2.75, 3.05) is 13.2 Å². The van der Waals surface area contributed by atoms with Gasteiger partial charge in [0.05, 0.1) is 6.20 Å². The molecular formula is C14H26N4O2. The smallest absolute Gasteiger partial charge is 0.315 e. The van der Waals surface area contributed by atoms with Gasteiger partial charge < -0.3 is 15.7 Å². The molecule has 20 heavy (non-hydrogen) atoms. The third kappa shape index (κ3) is 5.21. The van der Waals surface area contributed by atoms with Crippen molar-refractivity contribution < 1.29 is 9.90 Å². The quantitative estimate of drug-likeness (QED) is 0.673. The average molecular weight is 282 g/mol. The van der Waals surface area contributed by atoms with Gasteiger partial charge in [-0.15, -0.1) is 0 Å². The molecule has 1 unspecified atom stereocenters. The van der Waals surface area contributed by atoms with Crippen LogP contribution in [0.5, 0.6) is 0 Å². The fraction of sp³-hybridized carbons (Fsp3) is 0.714. The zero-order valence-corrected chi connectivity index (χ0v) is 12.6. The first-order valence-corrected chi connectivity index (χ1v) is 7.18. The Balaban J connectivity index is 2.31. The van der Waals surface area contributed by atoms with Gasteiger partial charge in [-0.05, 0) is 25.7 Å². The van der Waals surface area contributed by atoms with Crippen molar-refractivity contribution in [3.8, 4) is 0 Å². The summed E-state index contributed by atoms with van der Waals surface area (Å²) in [4.78, 5) is 11.7. The highest BCUT2D eigenvalue weighted by atomic mass is 16.3. The summed E-state index contributed by atoms with van der Waals surface area (Å²) >= 11 is 0. The first-order chi connectivity index (χ1) is 9.58. The van der Waals surface area contributed by atoms with Gasteiger partial charge in [0.2, 0.25) is 0 Å². The number of nitrogens with one attached hydrogen (secondary N) is 2. The largest absolute Gasteiger partial charge is 0.396 e. The van der Waals surface area contributed by atoms with Crippen molar-refractivity contribution in [2.24, 2.45) is 13.0 Å². The minimum Gasteiger partial charge on any atom is -0.396 e. The van der Waals surface area contributed by atoms with E-state index >= 15 is 0 Å². The number of rotatable bonds is 8. The van der Waals surface area contributed by atoms with Crippen molar-refractivity contribution in [1.29, 1.82) is 0 Å². The number of urea groups is 1. The van der Waals surface area contributed by atoms with Crippen LogP contribution in [-0.2, 0) is 13.6 Å². The fourth-order valence-electron chi connectivity index (χ4n) is 2.13. The molecular weight excluding hydrogens is 256 g/mol. The van der Waals surface area contributed by atoms with Gasteiger partial charge in [-0.2, -0.15) is 5.10 Å². The maximum Gasteiger partial charge on any atom is 0.315 e. The van der Waals surface area contributed by atoms with Crippen LogP contribution in [0.3, 0.4) is 0 Å². The Morgan fingerprint density at radius 1 is 1.45 bits per heavy atom. The third-order valence-corrected chi connectivity index (χ3v) is 3.56. The molecule has 1 aromatic rings. The number of aliphatic hydroxyl groups is 1. The molecule has 114 valence electrons. The summed E-state index contributed by atoms with van der Waals surface area (Å²) in [5.74, 6) is 0.343. The molecule has 0 aromatic carbocycles. The number of aliphatic hydroxyl groups excluding tert-OH is 1. The second-order valence-corrected chi connectivity index (χ2v) is 5.11. The lowest BCUT2D eigenvalue weighted by Crippen LogP contribution is -2.38. The van der Waals surface area contributed by atoms with Gasteiger partial charge in [-0.25, -0.2) is 4.79 Å². The SMILES string of the molecule is CCCC(CCO)CNC(=O)NCc1cnn(C)c1C. The zero-order chi connectivity index (χ0) is 15.0. The molecule has 0 bridgehead atoms. The van der Waals surface area contributed by atoms with Crippen molar-refractivity contribution in [1.82, 2.24) is 20.4 Å². The van der Waals surface area contributed by atoms with E-state index < -0.39 is 0 Å². The molecule has 6 heteroatoms. The maximum atomic E-state index is 11.7. The predicted molar refractivity (Wildman–Crippen MR) is 78.3 cm³/mol. The highest BCUT2D eigenvalue weighted by Gasteiger charge is 2.10. The van der Waals surface area contributed by atoms with Gasteiger partial charge in [0.25, 0.3) is 0 Å². The number of amides is 2. The van der Waals surface area contributed by atoms with Gasteiger partial charge in [0.15, 0.2) is 0 Å². The molecule has 0 aliphatic heterocycles. The number of hydrogen-bond donors (Lipinski definition) is 3. The predicted octanol–water partition coefficient (Wildman–Crippen LogP) is 1.33. The van der Waals surface area contributed by atoms with E-state index in [0.29, 0.717) is 19.0 Å². The molecule has 0 fully saturated rings. The Bertz CT molecular complexity index is 411. The summed E-state index contributed by atoms with van der Waals surface area (Å²) in [6.45, 7) is 5.33. The second kappa shape index (κ2) is 8.58. The van der Waals surface area contributed by atoms with Crippen LogP contribution in [0.1, 0.15) is 37.4 Å². The van der Waals surface area contributed by atoms with Gasteiger partial charge in [0.1, 0.15) is 0 Å². The van der Waals surface area contributed by atoms with Crippen LogP contribution in [0.2, 0.25) is 0 Å². The van der Waals surface area contributed by atoms with Gasteiger partial charge in [0, 0.05) is 38.0 Å². The van der Waals surface area contributed by atoms with E-state index in [0.717, 1.165) is 30.5 Å². The summed E-state index contributed by atoms with van der Waals surface area (Å²) < 4.78 is 1.79. The number of carbonyl (C=O) groups is 1. The summed E-state index contributed by atoms with van der Waals surface area (Å²) in [7, 11) is 1.88. The summed E-state index contributed by atoms with van der Waals surface area (Å²) in [6, 6.07) is -0.174. The van der Waals surface area contributed by atoms with Gasteiger partial charge in [-0.3, -0.25) is 4.68 Å². The van der Waals surface area contributed by atoms with E-state index in [2.05, 4.69) is 22.7 Å². The van der Waals surface area contributed by atoms with Crippen molar-refractivity contribution >= 4 is 6.03 Å². The lowest BCUT2D eigenvalue weighted by molar-refractivity contribution is 0.229. The first-order valence-electron chi connectivity index (χ1n) is 7.18. The highest BCUT2D eigenvalue weighted by molar-refractivity contribution is 5.73. The first kappa shape index (κ1) is 16.5.